The monoisotopic (exact) mass is 610 g/mol. The third kappa shape index (κ3) is 3.88. The standard InChI is InChI=1S/C28H20ClIN2O2S/c1-34-23-13-10-16(14-22(23)30)15-24-27(33)32-26(19-8-4-5-9-21(19)29)20-12-11-17-6-2-3-7-18(17)25(20)31-28(32)35-24/h2-10,13-15,26H,11-12H2,1H3. The Morgan fingerprint density at radius 1 is 1.11 bits per heavy atom. The van der Waals surface area contributed by atoms with E-state index < -0.39 is 0 Å². The molecule has 1 aromatic heterocycles. The van der Waals surface area contributed by atoms with Crippen LogP contribution in [0.4, 0.5) is 0 Å². The van der Waals surface area contributed by atoms with Crippen LogP contribution in [0.5, 0.6) is 5.75 Å². The second-order valence-corrected chi connectivity index (χ2v) is 11.1. The highest BCUT2D eigenvalue weighted by atomic mass is 127. The lowest BCUT2D eigenvalue weighted by Gasteiger charge is -2.31. The lowest BCUT2D eigenvalue weighted by atomic mass is 9.83. The number of halogens is 2. The molecule has 0 radical (unpaired) electrons. The average molecular weight is 611 g/mol. The smallest absolute Gasteiger partial charge is 0.271 e. The minimum Gasteiger partial charge on any atom is -0.496 e. The van der Waals surface area contributed by atoms with Crippen LogP contribution in [-0.2, 0) is 6.42 Å². The molecule has 174 valence electrons. The van der Waals surface area contributed by atoms with Gasteiger partial charge in [0.1, 0.15) is 5.75 Å². The fourth-order valence-corrected chi connectivity index (χ4v) is 6.92. The molecule has 1 aliphatic heterocycles. The fourth-order valence-electron chi connectivity index (χ4n) is 4.92. The van der Waals surface area contributed by atoms with Crippen molar-refractivity contribution >= 4 is 57.3 Å². The maximum absolute atomic E-state index is 13.8. The number of rotatable bonds is 3. The second-order valence-electron chi connectivity index (χ2n) is 8.53. The van der Waals surface area contributed by atoms with E-state index in [-0.39, 0.29) is 11.6 Å². The molecule has 2 heterocycles. The molecule has 35 heavy (non-hydrogen) atoms. The van der Waals surface area contributed by atoms with E-state index in [2.05, 4.69) is 46.9 Å². The number of fused-ring (bicyclic) bond motifs is 3. The largest absolute Gasteiger partial charge is 0.496 e. The third-order valence-corrected chi connectivity index (χ3v) is 8.72. The summed E-state index contributed by atoms with van der Waals surface area (Å²) in [6.45, 7) is 0. The van der Waals surface area contributed by atoms with Gasteiger partial charge in [-0.15, -0.1) is 0 Å². The van der Waals surface area contributed by atoms with Crippen molar-refractivity contribution in [3.8, 4) is 5.75 Å². The molecule has 7 heteroatoms. The molecule has 0 fully saturated rings. The SMILES string of the molecule is COc1ccc(C=c2sc3n(c2=O)C(c2ccccc2Cl)C2=C(N=3)c3ccccc3CC2)cc1I. The molecule has 0 saturated carbocycles. The molecule has 1 atom stereocenters. The van der Waals surface area contributed by atoms with Gasteiger partial charge in [-0.1, -0.05) is 71.5 Å². The van der Waals surface area contributed by atoms with Crippen molar-refractivity contribution in [3.05, 3.63) is 123 Å². The highest BCUT2D eigenvalue weighted by molar-refractivity contribution is 14.1. The molecule has 4 nitrogen and oxygen atoms in total. The molecule has 1 unspecified atom stereocenters. The zero-order chi connectivity index (χ0) is 24.1. The summed E-state index contributed by atoms with van der Waals surface area (Å²) in [6, 6.07) is 21.9. The minimum absolute atomic E-state index is 0.0464. The Balaban J connectivity index is 1.61. The Hall–Kier alpha value is -2.68. The van der Waals surface area contributed by atoms with E-state index in [1.807, 2.05) is 53.1 Å². The molecule has 0 N–H and O–H groups in total. The summed E-state index contributed by atoms with van der Waals surface area (Å²) in [7, 11) is 1.66. The van der Waals surface area contributed by atoms with E-state index in [4.69, 9.17) is 21.3 Å². The molecule has 2 aliphatic rings. The van der Waals surface area contributed by atoms with E-state index in [0.29, 0.717) is 14.4 Å². The fraction of sp³-hybridized carbons (Fsp3) is 0.143. The molecule has 1 aliphatic carbocycles. The molecule has 4 aromatic rings. The highest BCUT2D eigenvalue weighted by Crippen LogP contribution is 2.42. The van der Waals surface area contributed by atoms with Crippen molar-refractivity contribution < 1.29 is 4.74 Å². The lowest BCUT2D eigenvalue weighted by molar-refractivity contribution is 0.412. The van der Waals surface area contributed by atoms with Crippen LogP contribution in [-0.4, -0.2) is 11.7 Å². The van der Waals surface area contributed by atoms with Gasteiger partial charge in [-0.3, -0.25) is 9.36 Å². The number of hydrogen-bond acceptors (Lipinski definition) is 4. The molecule has 3 aromatic carbocycles. The summed E-state index contributed by atoms with van der Waals surface area (Å²) < 4.78 is 8.85. The molecule has 6 rings (SSSR count). The number of thiazole rings is 1. The van der Waals surface area contributed by atoms with E-state index in [9.17, 15) is 4.79 Å². The third-order valence-electron chi connectivity index (χ3n) is 6.55. The number of nitrogens with zero attached hydrogens (tertiary/aromatic N) is 2. The van der Waals surface area contributed by atoms with Gasteiger partial charge in [0.05, 0.1) is 27.0 Å². The quantitative estimate of drug-likeness (QED) is 0.284. The zero-order valence-electron chi connectivity index (χ0n) is 18.8. The Labute approximate surface area is 225 Å². The van der Waals surface area contributed by atoms with Crippen molar-refractivity contribution in [2.45, 2.75) is 18.9 Å². The number of hydrogen-bond donors (Lipinski definition) is 0. The number of benzene rings is 3. The van der Waals surface area contributed by atoms with Crippen molar-refractivity contribution in [1.29, 1.82) is 0 Å². The average Bonchev–Trinajstić information content (AvgIpc) is 3.18. The maximum Gasteiger partial charge on any atom is 0.271 e. The first kappa shape index (κ1) is 22.8. The maximum atomic E-state index is 13.8. The molecule has 0 spiro atoms. The van der Waals surface area contributed by atoms with Crippen LogP contribution in [0.15, 0.2) is 82.1 Å². The minimum atomic E-state index is -0.276. The zero-order valence-corrected chi connectivity index (χ0v) is 22.5. The van der Waals surface area contributed by atoms with Crippen LogP contribution in [0.2, 0.25) is 5.02 Å². The van der Waals surface area contributed by atoms with Crippen molar-refractivity contribution in [2.24, 2.45) is 4.99 Å². The number of aromatic nitrogens is 1. The molecule has 0 saturated heterocycles. The Morgan fingerprint density at radius 2 is 1.91 bits per heavy atom. The van der Waals surface area contributed by atoms with Gasteiger partial charge in [-0.2, -0.15) is 0 Å². The van der Waals surface area contributed by atoms with Crippen LogP contribution >= 0.6 is 45.5 Å². The van der Waals surface area contributed by atoms with Gasteiger partial charge in [0.15, 0.2) is 4.80 Å². The van der Waals surface area contributed by atoms with E-state index in [0.717, 1.165) is 50.1 Å². The summed E-state index contributed by atoms with van der Waals surface area (Å²) >= 11 is 10.4. The number of aryl methyl sites for hydroxylation is 1. The van der Waals surface area contributed by atoms with Gasteiger partial charge < -0.3 is 4.74 Å². The Bertz CT molecular complexity index is 1700. The van der Waals surface area contributed by atoms with Crippen molar-refractivity contribution in [3.63, 3.8) is 0 Å². The van der Waals surface area contributed by atoms with Gasteiger partial charge >= 0.3 is 0 Å². The summed E-state index contributed by atoms with van der Waals surface area (Å²) in [5.41, 5.74) is 6.40. The van der Waals surface area contributed by atoms with Crippen LogP contribution in [0.3, 0.4) is 0 Å². The number of allylic oxidation sites excluding steroid dienone is 1. The van der Waals surface area contributed by atoms with Gasteiger partial charge in [-0.25, -0.2) is 4.99 Å². The van der Waals surface area contributed by atoms with Crippen LogP contribution in [0, 0.1) is 3.57 Å². The second kappa shape index (κ2) is 9.08. The van der Waals surface area contributed by atoms with Gasteiger partial charge in [-0.05, 0) is 82.0 Å². The van der Waals surface area contributed by atoms with Crippen LogP contribution in [0.1, 0.15) is 34.7 Å². The van der Waals surface area contributed by atoms with Crippen molar-refractivity contribution in [2.75, 3.05) is 7.11 Å². The first-order chi connectivity index (χ1) is 17.0. The van der Waals surface area contributed by atoms with Crippen LogP contribution < -0.4 is 19.6 Å². The molecular formula is C28H20ClIN2O2S. The summed E-state index contributed by atoms with van der Waals surface area (Å²) in [4.78, 5) is 19.6. The Morgan fingerprint density at radius 3 is 2.71 bits per heavy atom. The Kier molecular flexibility index (Phi) is 5.90. The van der Waals surface area contributed by atoms with Crippen molar-refractivity contribution in [1.82, 2.24) is 4.57 Å². The van der Waals surface area contributed by atoms with Gasteiger partial charge in [0, 0.05) is 10.6 Å². The predicted octanol–water partition coefficient (Wildman–Crippen LogP) is 5.59. The van der Waals surface area contributed by atoms with E-state index >= 15 is 0 Å². The summed E-state index contributed by atoms with van der Waals surface area (Å²) in [5.74, 6) is 0.814. The molecule has 0 bridgehead atoms. The summed E-state index contributed by atoms with van der Waals surface area (Å²) in [6.07, 6.45) is 3.69. The van der Waals surface area contributed by atoms with Gasteiger partial charge in [0.25, 0.3) is 5.56 Å². The van der Waals surface area contributed by atoms with Gasteiger partial charge in [0.2, 0.25) is 0 Å². The highest BCUT2D eigenvalue weighted by Gasteiger charge is 2.33. The summed E-state index contributed by atoms with van der Waals surface area (Å²) in [5, 5.41) is 0.657. The lowest BCUT2D eigenvalue weighted by Crippen LogP contribution is -2.38. The normalized spacial score (nSPS) is 16.9. The molecule has 0 amide bonds. The first-order valence-electron chi connectivity index (χ1n) is 11.3. The topological polar surface area (TPSA) is 43.6 Å². The number of methoxy groups -OCH3 is 1. The number of ether oxygens (including phenoxy) is 1. The van der Waals surface area contributed by atoms with Crippen LogP contribution in [0.25, 0.3) is 11.8 Å². The predicted molar refractivity (Wildman–Crippen MR) is 150 cm³/mol. The van der Waals surface area contributed by atoms with E-state index in [1.54, 1.807) is 7.11 Å². The first-order valence-corrected chi connectivity index (χ1v) is 13.5. The molecular weight excluding hydrogens is 591 g/mol. The van der Waals surface area contributed by atoms with E-state index in [1.165, 1.54) is 16.9 Å².